The Hall–Kier alpha value is -1.41. The van der Waals surface area contributed by atoms with Crippen LogP contribution < -0.4 is 4.72 Å². The number of sulfonamides is 1. The summed E-state index contributed by atoms with van der Waals surface area (Å²) in [7, 11) is -2.21. The monoisotopic (exact) mass is 261 g/mol. The highest BCUT2D eigenvalue weighted by Gasteiger charge is 2.12. The maximum atomic E-state index is 11.4. The van der Waals surface area contributed by atoms with Gasteiger partial charge < -0.3 is 9.72 Å². The lowest BCUT2D eigenvalue weighted by Gasteiger charge is -2.04. The molecule has 0 aromatic carbocycles. The van der Waals surface area contributed by atoms with E-state index in [1.807, 2.05) is 0 Å². The van der Waals surface area contributed by atoms with Gasteiger partial charge >= 0.3 is 5.97 Å². The lowest BCUT2D eigenvalue weighted by Crippen LogP contribution is -2.29. The third-order valence-corrected chi connectivity index (χ3v) is 3.43. The normalized spacial score (nSPS) is 11.4. The summed E-state index contributed by atoms with van der Waals surface area (Å²) in [4.78, 5) is 17.6. The number of nitrogens with one attached hydrogen (secondary N) is 2. The SMILES string of the molecule is COC(=O)CCS(=O)(=O)NCCc1ncc[nH]1. The van der Waals surface area contributed by atoms with E-state index in [2.05, 4.69) is 19.4 Å². The number of carbonyl (C=O) groups is 1. The summed E-state index contributed by atoms with van der Waals surface area (Å²) in [5.41, 5.74) is 0. The minimum absolute atomic E-state index is 0.146. The Kier molecular flexibility index (Phi) is 5.11. The van der Waals surface area contributed by atoms with Crippen LogP contribution in [0.5, 0.6) is 0 Å². The van der Waals surface area contributed by atoms with Crippen molar-refractivity contribution in [3.05, 3.63) is 18.2 Å². The quantitative estimate of drug-likeness (QED) is 0.640. The van der Waals surface area contributed by atoms with Crippen molar-refractivity contribution in [3.8, 4) is 0 Å². The van der Waals surface area contributed by atoms with Crippen LogP contribution >= 0.6 is 0 Å². The van der Waals surface area contributed by atoms with E-state index in [9.17, 15) is 13.2 Å². The summed E-state index contributed by atoms with van der Waals surface area (Å²) in [6, 6.07) is 0. The highest BCUT2D eigenvalue weighted by atomic mass is 32.2. The molecule has 0 fully saturated rings. The molecule has 0 aliphatic heterocycles. The maximum Gasteiger partial charge on any atom is 0.306 e. The molecule has 0 saturated heterocycles. The van der Waals surface area contributed by atoms with E-state index in [0.29, 0.717) is 12.2 Å². The van der Waals surface area contributed by atoms with Crippen molar-refractivity contribution in [2.24, 2.45) is 0 Å². The second-order valence-corrected chi connectivity index (χ2v) is 5.25. The van der Waals surface area contributed by atoms with Crippen LogP contribution in [0.1, 0.15) is 12.2 Å². The Bertz CT molecular complexity index is 441. The molecular weight excluding hydrogens is 246 g/mol. The number of carbonyl (C=O) groups excluding carboxylic acids is 1. The molecule has 7 nitrogen and oxygen atoms in total. The number of ether oxygens (including phenoxy) is 1. The van der Waals surface area contributed by atoms with E-state index < -0.39 is 16.0 Å². The second-order valence-electron chi connectivity index (χ2n) is 3.33. The second kappa shape index (κ2) is 6.36. The maximum absolute atomic E-state index is 11.4. The fraction of sp³-hybridized carbons (Fsp3) is 0.556. The van der Waals surface area contributed by atoms with E-state index in [0.717, 1.165) is 0 Å². The number of esters is 1. The number of hydrogen-bond acceptors (Lipinski definition) is 5. The largest absolute Gasteiger partial charge is 0.469 e. The van der Waals surface area contributed by atoms with Crippen LogP contribution in [0.25, 0.3) is 0 Å². The van der Waals surface area contributed by atoms with Gasteiger partial charge in [0.25, 0.3) is 0 Å². The number of aromatic amines is 1. The van der Waals surface area contributed by atoms with Crippen molar-refractivity contribution in [1.29, 1.82) is 0 Å². The standard InChI is InChI=1S/C9H15N3O4S/c1-16-9(13)3-7-17(14,15)12-4-2-8-10-5-6-11-8/h5-6,12H,2-4,7H2,1H3,(H,10,11). The van der Waals surface area contributed by atoms with Gasteiger partial charge in [0.1, 0.15) is 5.82 Å². The Morgan fingerprint density at radius 3 is 2.94 bits per heavy atom. The molecule has 0 amide bonds. The number of imidazole rings is 1. The molecule has 0 spiro atoms. The molecule has 1 heterocycles. The number of methoxy groups -OCH3 is 1. The molecule has 1 rings (SSSR count). The van der Waals surface area contributed by atoms with Crippen LogP contribution in [-0.4, -0.2) is 43.8 Å². The minimum atomic E-state index is -3.43. The first kappa shape index (κ1) is 13.7. The molecule has 8 heteroatoms. The Labute approximate surface area is 99.6 Å². The zero-order chi connectivity index (χ0) is 12.7. The van der Waals surface area contributed by atoms with Gasteiger partial charge in [0, 0.05) is 25.4 Å². The molecule has 0 saturated carbocycles. The first-order chi connectivity index (χ1) is 8.03. The smallest absolute Gasteiger partial charge is 0.306 e. The topological polar surface area (TPSA) is 101 Å². The first-order valence-electron chi connectivity index (χ1n) is 5.06. The summed E-state index contributed by atoms with van der Waals surface area (Å²) < 4.78 is 29.6. The molecule has 17 heavy (non-hydrogen) atoms. The van der Waals surface area contributed by atoms with E-state index >= 15 is 0 Å². The number of rotatable bonds is 7. The van der Waals surface area contributed by atoms with Crippen molar-refractivity contribution >= 4 is 16.0 Å². The Morgan fingerprint density at radius 1 is 1.59 bits per heavy atom. The number of aromatic nitrogens is 2. The van der Waals surface area contributed by atoms with E-state index in [4.69, 9.17) is 0 Å². The van der Waals surface area contributed by atoms with Crippen LogP contribution in [0.4, 0.5) is 0 Å². The van der Waals surface area contributed by atoms with Gasteiger partial charge in [-0.25, -0.2) is 18.1 Å². The van der Waals surface area contributed by atoms with Gasteiger partial charge in [-0.3, -0.25) is 4.79 Å². The predicted molar refractivity (Wildman–Crippen MR) is 60.7 cm³/mol. The minimum Gasteiger partial charge on any atom is -0.469 e. The molecule has 0 radical (unpaired) electrons. The van der Waals surface area contributed by atoms with Gasteiger partial charge in [0.15, 0.2) is 0 Å². The first-order valence-corrected chi connectivity index (χ1v) is 6.71. The third kappa shape index (κ3) is 5.45. The van der Waals surface area contributed by atoms with Crippen molar-refractivity contribution in [2.75, 3.05) is 19.4 Å². The third-order valence-electron chi connectivity index (χ3n) is 2.04. The van der Waals surface area contributed by atoms with E-state index in [1.54, 1.807) is 12.4 Å². The summed E-state index contributed by atoms with van der Waals surface area (Å²) in [5.74, 6) is -0.0975. The lowest BCUT2D eigenvalue weighted by atomic mass is 10.4. The van der Waals surface area contributed by atoms with Crippen molar-refractivity contribution < 1.29 is 17.9 Å². The molecular formula is C9H15N3O4S. The molecule has 0 unspecified atom stereocenters. The average Bonchev–Trinajstić information content (AvgIpc) is 2.79. The molecule has 0 aliphatic rings. The molecule has 1 aromatic heterocycles. The molecule has 0 bridgehead atoms. The van der Waals surface area contributed by atoms with Crippen molar-refractivity contribution in [1.82, 2.24) is 14.7 Å². The van der Waals surface area contributed by atoms with Crippen LogP contribution in [0.3, 0.4) is 0 Å². The van der Waals surface area contributed by atoms with E-state index in [-0.39, 0.29) is 18.7 Å². The highest BCUT2D eigenvalue weighted by Crippen LogP contribution is 1.94. The Morgan fingerprint density at radius 2 is 2.35 bits per heavy atom. The number of nitrogens with zero attached hydrogens (tertiary/aromatic N) is 1. The summed E-state index contributed by atoms with van der Waals surface area (Å²) >= 11 is 0. The van der Waals surface area contributed by atoms with Gasteiger partial charge in [0.05, 0.1) is 19.3 Å². The molecule has 0 aliphatic carbocycles. The Balaban J connectivity index is 2.27. The fourth-order valence-corrected chi connectivity index (χ4v) is 2.14. The van der Waals surface area contributed by atoms with E-state index in [1.165, 1.54) is 7.11 Å². The molecule has 0 atom stereocenters. The molecule has 96 valence electrons. The van der Waals surface area contributed by atoms with Crippen LogP contribution in [0.15, 0.2) is 12.4 Å². The molecule has 2 N–H and O–H groups in total. The number of hydrogen-bond donors (Lipinski definition) is 2. The van der Waals surface area contributed by atoms with Crippen LogP contribution in [0.2, 0.25) is 0 Å². The van der Waals surface area contributed by atoms with Gasteiger partial charge in [-0.15, -0.1) is 0 Å². The summed E-state index contributed by atoms with van der Waals surface area (Å²) in [5, 5.41) is 0. The van der Waals surface area contributed by atoms with Gasteiger partial charge in [0.2, 0.25) is 10.0 Å². The van der Waals surface area contributed by atoms with Gasteiger partial charge in [-0.1, -0.05) is 0 Å². The molecule has 1 aromatic rings. The van der Waals surface area contributed by atoms with Gasteiger partial charge in [-0.2, -0.15) is 0 Å². The van der Waals surface area contributed by atoms with Crippen molar-refractivity contribution in [2.45, 2.75) is 12.8 Å². The van der Waals surface area contributed by atoms with Crippen molar-refractivity contribution in [3.63, 3.8) is 0 Å². The summed E-state index contributed by atoms with van der Waals surface area (Å²) in [6.45, 7) is 0.247. The fourth-order valence-electron chi connectivity index (χ4n) is 1.15. The predicted octanol–water partition coefficient (Wildman–Crippen LogP) is -0.565. The summed E-state index contributed by atoms with van der Waals surface area (Å²) in [6.07, 6.45) is 3.60. The zero-order valence-corrected chi connectivity index (χ0v) is 10.3. The number of H-pyrrole nitrogens is 1. The lowest BCUT2D eigenvalue weighted by molar-refractivity contribution is -0.140. The van der Waals surface area contributed by atoms with Crippen LogP contribution in [-0.2, 0) is 26.0 Å². The van der Waals surface area contributed by atoms with Crippen LogP contribution in [0, 0.1) is 0 Å². The average molecular weight is 261 g/mol. The zero-order valence-electron chi connectivity index (χ0n) is 9.47. The van der Waals surface area contributed by atoms with Gasteiger partial charge in [-0.05, 0) is 0 Å². The highest BCUT2D eigenvalue weighted by molar-refractivity contribution is 7.89.